The summed E-state index contributed by atoms with van der Waals surface area (Å²) in [6, 6.07) is 4.37. The first-order chi connectivity index (χ1) is 6.69. The number of phenols is 1. The van der Waals surface area contributed by atoms with Crippen LogP contribution < -0.4 is 10.5 Å². The summed E-state index contributed by atoms with van der Waals surface area (Å²) in [5.41, 5.74) is 5.61. The Morgan fingerprint density at radius 2 is 2.29 bits per heavy atom. The number of aromatic hydroxyl groups is 1. The second kappa shape index (κ2) is 4.81. The Hall–Kier alpha value is -1.29. The van der Waals surface area contributed by atoms with Gasteiger partial charge in [-0.3, -0.25) is 0 Å². The van der Waals surface area contributed by atoms with Gasteiger partial charge in [-0.25, -0.2) is 4.39 Å². The van der Waals surface area contributed by atoms with Crippen LogP contribution in [0.2, 0.25) is 0 Å². The highest BCUT2D eigenvalue weighted by atomic mass is 19.1. The van der Waals surface area contributed by atoms with E-state index in [2.05, 4.69) is 0 Å². The molecule has 0 amide bonds. The number of phenolic OH excluding ortho intramolecular Hbond substituents is 1. The van der Waals surface area contributed by atoms with Crippen LogP contribution in [-0.4, -0.2) is 18.3 Å². The lowest BCUT2D eigenvalue weighted by Crippen LogP contribution is -2.07. The maximum atomic E-state index is 13.2. The molecular formula is C10H14FNO2. The molecule has 0 fully saturated rings. The van der Waals surface area contributed by atoms with E-state index >= 15 is 0 Å². The van der Waals surface area contributed by atoms with E-state index in [1.807, 2.05) is 0 Å². The van der Waals surface area contributed by atoms with Crippen molar-refractivity contribution in [1.82, 2.24) is 0 Å². The van der Waals surface area contributed by atoms with Crippen LogP contribution in [0.1, 0.15) is 18.7 Å². The third kappa shape index (κ3) is 2.35. The molecule has 0 spiro atoms. The predicted molar refractivity (Wildman–Crippen MR) is 52.2 cm³/mol. The number of ether oxygens (including phenoxy) is 1. The molecular weight excluding hydrogens is 185 g/mol. The fourth-order valence-corrected chi connectivity index (χ4v) is 1.13. The highest BCUT2D eigenvalue weighted by molar-refractivity contribution is 5.42. The Kier molecular flexibility index (Phi) is 3.71. The van der Waals surface area contributed by atoms with E-state index < -0.39 is 6.17 Å². The summed E-state index contributed by atoms with van der Waals surface area (Å²) in [6.45, 7) is 2.15. The molecule has 1 rings (SSSR count). The number of nitrogens with two attached hydrogens (primary N) is 1. The van der Waals surface area contributed by atoms with E-state index in [9.17, 15) is 9.50 Å². The topological polar surface area (TPSA) is 55.5 Å². The summed E-state index contributed by atoms with van der Waals surface area (Å²) in [6.07, 6.45) is -1.21. The quantitative estimate of drug-likeness (QED) is 0.776. The van der Waals surface area contributed by atoms with Gasteiger partial charge in [0.25, 0.3) is 0 Å². The van der Waals surface area contributed by atoms with Crippen molar-refractivity contribution in [3.63, 3.8) is 0 Å². The second-order valence-corrected chi connectivity index (χ2v) is 2.86. The van der Waals surface area contributed by atoms with Crippen LogP contribution in [0, 0.1) is 0 Å². The average molecular weight is 199 g/mol. The van der Waals surface area contributed by atoms with E-state index in [1.165, 1.54) is 18.2 Å². The Morgan fingerprint density at radius 3 is 2.86 bits per heavy atom. The Balaban J connectivity index is 2.93. The van der Waals surface area contributed by atoms with Gasteiger partial charge >= 0.3 is 0 Å². The van der Waals surface area contributed by atoms with Crippen molar-refractivity contribution in [3.05, 3.63) is 23.8 Å². The van der Waals surface area contributed by atoms with E-state index in [0.717, 1.165) is 0 Å². The van der Waals surface area contributed by atoms with E-state index in [-0.39, 0.29) is 12.3 Å². The second-order valence-electron chi connectivity index (χ2n) is 2.86. The third-order valence-electron chi connectivity index (χ3n) is 1.85. The molecule has 1 aromatic rings. The van der Waals surface area contributed by atoms with E-state index in [1.54, 1.807) is 6.92 Å². The van der Waals surface area contributed by atoms with Gasteiger partial charge in [0.1, 0.15) is 6.17 Å². The SMILES string of the molecule is CCOc1cc(C(F)CN)ccc1O. The summed E-state index contributed by atoms with van der Waals surface area (Å²) >= 11 is 0. The number of hydrogen-bond acceptors (Lipinski definition) is 3. The standard InChI is InChI=1S/C10H14FNO2/c1-2-14-10-5-7(8(11)6-12)3-4-9(10)13/h3-5,8,13H,2,6,12H2,1H3. The highest BCUT2D eigenvalue weighted by Gasteiger charge is 2.10. The average Bonchev–Trinajstić information content (AvgIpc) is 2.20. The van der Waals surface area contributed by atoms with Crippen molar-refractivity contribution in [2.24, 2.45) is 5.73 Å². The molecule has 0 bridgehead atoms. The van der Waals surface area contributed by atoms with Crippen LogP contribution in [0.15, 0.2) is 18.2 Å². The number of halogens is 1. The van der Waals surface area contributed by atoms with E-state index in [0.29, 0.717) is 17.9 Å². The lowest BCUT2D eigenvalue weighted by molar-refractivity contribution is 0.313. The molecule has 0 aliphatic carbocycles. The number of alkyl halides is 1. The lowest BCUT2D eigenvalue weighted by atomic mass is 10.1. The molecule has 0 heterocycles. The molecule has 3 nitrogen and oxygen atoms in total. The van der Waals surface area contributed by atoms with Gasteiger partial charge in [-0.15, -0.1) is 0 Å². The van der Waals surface area contributed by atoms with Crippen LogP contribution in [0.5, 0.6) is 11.5 Å². The van der Waals surface area contributed by atoms with Gasteiger partial charge in [-0.1, -0.05) is 6.07 Å². The zero-order valence-corrected chi connectivity index (χ0v) is 8.03. The third-order valence-corrected chi connectivity index (χ3v) is 1.85. The molecule has 0 saturated carbocycles. The first-order valence-electron chi connectivity index (χ1n) is 4.48. The van der Waals surface area contributed by atoms with Crippen molar-refractivity contribution in [2.75, 3.05) is 13.2 Å². The number of benzene rings is 1. The smallest absolute Gasteiger partial charge is 0.161 e. The molecule has 78 valence electrons. The van der Waals surface area contributed by atoms with Crippen LogP contribution in [-0.2, 0) is 0 Å². The molecule has 0 aliphatic heterocycles. The van der Waals surface area contributed by atoms with Crippen LogP contribution in [0.25, 0.3) is 0 Å². The Labute approximate surface area is 82.3 Å². The zero-order chi connectivity index (χ0) is 10.6. The largest absolute Gasteiger partial charge is 0.504 e. The van der Waals surface area contributed by atoms with Crippen LogP contribution >= 0.6 is 0 Å². The number of rotatable bonds is 4. The van der Waals surface area contributed by atoms with Crippen molar-refractivity contribution in [1.29, 1.82) is 0 Å². The summed E-state index contributed by atoms with van der Waals surface area (Å²) in [5, 5.41) is 9.34. The Morgan fingerprint density at radius 1 is 1.57 bits per heavy atom. The summed E-state index contributed by atoms with van der Waals surface area (Å²) < 4.78 is 18.3. The van der Waals surface area contributed by atoms with E-state index in [4.69, 9.17) is 10.5 Å². The minimum atomic E-state index is -1.21. The molecule has 14 heavy (non-hydrogen) atoms. The fourth-order valence-electron chi connectivity index (χ4n) is 1.13. The first kappa shape index (κ1) is 10.8. The predicted octanol–water partition coefficient (Wildman–Crippen LogP) is 1.76. The maximum absolute atomic E-state index is 13.2. The van der Waals surface area contributed by atoms with Crippen LogP contribution in [0.4, 0.5) is 4.39 Å². The normalized spacial score (nSPS) is 12.5. The molecule has 0 aliphatic rings. The molecule has 1 atom stereocenters. The minimum absolute atomic E-state index is 0.0137. The molecule has 0 radical (unpaired) electrons. The van der Waals surface area contributed by atoms with Crippen LogP contribution in [0.3, 0.4) is 0 Å². The Bertz CT molecular complexity index is 304. The van der Waals surface area contributed by atoms with Gasteiger partial charge in [0, 0.05) is 6.54 Å². The van der Waals surface area contributed by atoms with Gasteiger partial charge in [0.15, 0.2) is 11.5 Å². The first-order valence-corrected chi connectivity index (χ1v) is 4.48. The van der Waals surface area contributed by atoms with Crippen molar-refractivity contribution < 1.29 is 14.2 Å². The van der Waals surface area contributed by atoms with Gasteiger partial charge < -0.3 is 15.6 Å². The molecule has 4 heteroatoms. The molecule has 1 aromatic carbocycles. The highest BCUT2D eigenvalue weighted by Crippen LogP contribution is 2.30. The van der Waals surface area contributed by atoms with Gasteiger partial charge in [-0.05, 0) is 24.6 Å². The molecule has 3 N–H and O–H groups in total. The lowest BCUT2D eigenvalue weighted by Gasteiger charge is -2.10. The molecule has 0 saturated heterocycles. The monoisotopic (exact) mass is 199 g/mol. The fraction of sp³-hybridized carbons (Fsp3) is 0.400. The minimum Gasteiger partial charge on any atom is -0.504 e. The van der Waals surface area contributed by atoms with Crippen molar-refractivity contribution >= 4 is 0 Å². The summed E-state index contributed by atoms with van der Waals surface area (Å²) in [7, 11) is 0. The molecule has 1 unspecified atom stereocenters. The van der Waals surface area contributed by atoms with Crippen molar-refractivity contribution in [3.8, 4) is 11.5 Å². The van der Waals surface area contributed by atoms with Gasteiger partial charge in [0.2, 0.25) is 0 Å². The van der Waals surface area contributed by atoms with Crippen molar-refractivity contribution in [2.45, 2.75) is 13.1 Å². The summed E-state index contributed by atoms with van der Waals surface area (Å²) in [5.74, 6) is 0.306. The van der Waals surface area contributed by atoms with Gasteiger partial charge in [0.05, 0.1) is 6.61 Å². The number of hydrogen-bond donors (Lipinski definition) is 2. The maximum Gasteiger partial charge on any atom is 0.161 e. The van der Waals surface area contributed by atoms with Gasteiger partial charge in [-0.2, -0.15) is 0 Å². The molecule has 0 aromatic heterocycles. The summed E-state index contributed by atoms with van der Waals surface area (Å²) in [4.78, 5) is 0. The zero-order valence-electron chi connectivity index (χ0n) is 8.03.